The van der Waals surface area contributed by atoms with Crippen LogP contribution < -0.4 is 51.2 Å². The fourth-order valence-electron chi connectivity index (χ4n) is 6.39. The summed E-state index contributed by atoms with van der Waals surface area (Å²) in [6.45, 7) is 10.9. The zero-order chi connectivity index (χ0) is 30.9. The van der Waals surface area contributed by atoms with Crippen LogP contribution in [0, 0.1) is 5.41 Å². The van der Waals surface area contributed by atoms with E-state index in [1.54, 1.807) is 0 Å². The Labute approximate surface area is 287 Å². The second-order valence-electron chi connectivity index (χ2n) is 11.4. The summed E-state index contributed by atoms with van der Waals surface area (Å²) in [6.07, 6.45) is 11.5. The molecule has 0 spiro atoms. The molecule has 0 fully saturated rings. The summed E-state index contributed by atoms with van der Waals surface area (Å²) in [6, 6.07) is 30.4. The number of rotatable bonds is 13. The topological polar surface area (TPSA) is 79.8 Å². The van der Waals surface area contributed by atoms with Crippen molar-refractivity contribution in [1.82, 2.24) is 0 Å². The van der Waals surface area contributed by atoms with Gasteiger partial charge >= 0.3 is 0 Å². The van der Waals surface area contributed by atoms with Gasteiger partial charge < -0.3 is 51.2 Å². The van der Waals surface area contributed by atoms with E-state index in [-0.39, 0.29) is 30.2 Å². The van der Waals surface area contributed by atoms with Crippen LogP contribution in [0.15, 0.2) is 115 Å². The number of quaternary nitrogens is 2. The van der Waals surface area contributed by atoms with Gasteiger partial charge in [-0.15, -0.1) is 0 Å². The monoisotopic (exact) mass is 658 g/mol. The van der Waals surface area contributed by atoms with Gasteiger partial charge in [0.05, 0.1) is 19.7 Å². The van der Waals surface area contributed by atoms with Crippen LogP contribution in [-0.2, 0) is 0 Å². The van der Waals surface area contributed by atoms with Gasteiger partial charge in [-0.25, -0.2) is 0 Å². The molecule has 0 bridgehead atoms. The van der Waals surface area contributed by atoms with Crippen molar-refractivity contribution in [3.05, 3.63) is 126 Å². The van der Waals surface area contributed by atoms with Gasteiger partial charge in [-0.05, 0) is 90.9 Å². The second-order valence-corrected chi connectivity index (χ2v) is 11.4. The average Bonchev–Trinajstić information content (AvgIpc) is 3.05. The van der Waals surface area contributed by atoms with E-state index in [4.69, 9.17) is 4.74 Å². The number of allylic oxidation sites excluding steroid dienone is 5. The van der Waals surface area contributed by atoms with E-state index < -0.39 is 0 Å². The molecule has 7 N–H and O–H groups in total. The van der Waals surface area contributed by atoms with Crippen LogP contribution >= 0.6 is 0 Å². The number of ether oxygens (including phenoxy) is 1. The van der Waals surface area contributed by atoms with Gasteiger partial charge in [0.2, 0.25) is 0 Å². The summed E-state index contributed by atoms with van der Waals surface area (Å²) in [4.78, 5) is 2.39. The molecule has 0 aliphatic heterocycles. The van der Waals surface area contributed by atoms with Gasteiger partial charge in [-0.3, -0.25) is 0 Å². The Hall–Kier alpha value is -3.74. The number of benzene rings is 4. The molecule has 0 heterocycles. The van der Waals surface area contributed by atoms with Crippen molar-refractivity contribution in [2.75, 3.05) is 43.0 Å². The maximum absolute atomic E-state index is 5.64. The van der Waals surface area contributed by atoms with Crippen LogP contribution in [0.3, 0.4) is 0 Å². The molecule has 0 saturated carbocycles. The fourth-order valence-corrected chi connectivity index (χ4v) is 6.39. The predicted octanol–water partition coefficient (Wildman–Crippen LogP) is 1.01. The summed E-state index contributed by atoms with van der Waals surface area (Å²) in [5, 5.41) is 6.06. The lowest BCUT2D eigenvalue weighted by Gasteiger charge is -2.28. The Morgan fingerprint density at radius 2 is 1.35 bits per heavy atom. The maximum atomic E-state index is 5.64. The standard InChI is InChI=1S/C39H46N4O.2ClH/c1-4-43(5-2)32-15-11-29(12-16-32)38(30-21-23-39(24-22-30,25-27-40)26-28-41)36-19-20-37(35-10-8-7-9-34(35)36)42-31-13-17-33(18-14-31)44-6-3;;/h7-24,42H,4-6,25-28,40-41H2,1-3H3;2*1H. The third kappa shape index (κ3) is 8.15. The van der Waals surface area contributed by atoms with Crippen LogP contribution in [0.5, 0.6) is 5.75 Å². The zero-order valence-corrected chi connectivity index (χ0v) is 28.9. The molecule has 4 aromatic carbocycles. The molecule has 0 radical (unpaired) electrons. The number of anilines is 3. The lowest BCUT2D eigenvalue weighted by molar-refractivity contribution is -0.379. The number of halogens is 2. The number of fused-ring (bicyclic) bond motifs is 1. The molecule has 1 aliphatic carbocycles. The summed E-state index contributed by atoms with van der Waals surface area (Å²) in [7, 11) is 0. The van der Waals surface area contributed by atoms with Crippen molar-refractivity contribution >= 4 is 33.4 Å². The minimum Gasteiger partial charge on any atom is -1.00 e. The molecular weight excluding hydrogens is 611 g/mol. The van der Waals surface area contributed by atoms with E-state index >= 15 is 0 Å². The lowest BCUT2D eigenvalue weighted by Crippen LogP contribution is -3.00. The zero-order valence-electron chi connectivity index (χ0n) is 27.4. The van der Waals surface area contributed by atoms with Crippen LogP contribution in [0.1, 0.15) is 44.7 Å². The highest BCUT2D eigenvalue weighted by molar-refractivity contribution is 6.05. The first-order valence-corrected chi connectivity index (χ1v) is 16.1. The average molecular weight is 660 g/mol. The van der Waals surface area contributed by atoms with Crippen LogP contribution in [0.4, 0.5) is 17.1 Å². The lowest BCUT2D eigenvalue weighted by atomic mass is 9.76. The molecule has 1 aliphatic rings. The van der Waals surface area contributed by atoms with Crippen molar-refractivity contribution in [2.24, 2.45) is 5.41 Å². The van der Waals surface area contributed by atoms with E-state index in [0.717, 1.165) is 56.1 Å². The normalized spacial score (nSPS) is 13.1. The van der Waals surface area contributed by atoms with Crippen molar-refractivity contribution in [1.29, 1.82) is 0 Å². The summed E-state index contributed by atoms with van der Waals surface area (Å²) < 4.78 is 5.64. The highest BCUT2D eigenvalue weighted by atomic mass is 35.5. The SMILES string of the molecule is CCOc1ccc(Nc2ccc(C(=C3C=CC(CC[NH3+])(CC[NH3+])C=C3)c3ccc(N(CC)CC)cc3)c3ccccc23)cc1.[Cl-].[Cl-]. The van der Waals surface area contributed by atoms with Gasteiger partial charge in [-0.1, -0.05) is 66.8 Å². The van der Waals surface area contributed by atoms with Gasteiger partial charge in [0.25, 0.3) is 0 Å². The summed E-state index contributed by atoms with van der Waals surface area (Å²) in [5.41, 5.74) is 16.6. The largest absolute Gasteiger partial charge is 1.00 e. The molecule has 5 nitrogen and oxygen atoms in total. The van der Waals surface area contributed by atoms with Crippen molar-refractivity contribution in [3.63, 3.8) is 0 Å². The van der Waals surface area contributed by atoms with E-state index in [1.165, 1.54) is 38.7 Å². The van der Waals surface area contributed by atoms with Gasteiger partial charge in [-0.2, -0.15) is 0 Å². The Balaban J connectivity index is 0.00000288. The van der Waals surface area contributed by atoms with Crippen molar-refractivity contribution in [2.45, 2.75) is 33.6 Å². The highest BCUT2D eigenvalue weighted by Gasteiger charge is 2.27. The molecule has 46 heavy (non-hydrogen) atoms. The first-order valence-electron chi connectivity index (χ1n) is 16.1. The van der Waals surface area contributed by atoms with Gasteiger partial charge in [0, 0.05) is 53.8 Å². The molecule has 0 aromatic heterocycles. The van der Waals surface area contributed by atoms with E-state index in [9.17, 15) is 0 Å². The third-order valence-electron chi connectivity index (χ3n) is 8.69. The molecule has 0 unspecified atom stereocenters. The number of nitrogens with zero attached hydrogens (tertiary/aromatic N) is 1. The van der Waals surface area contributed by atoms with E-state index in [0.29, 0.717) is 6.61 Å². The molecule has 0 amide bonds. The maximum Gasteiger partial charge on any atom is 0.119 e. The second kappa shape index (κ2) is 17.3. The van der Waals surface area contributed by atoms with Crippen molar-refractivity contribution < 1.29 is 41.0 Å². The quantitative estimate of drug-likeness (QED) is 0.201. The third-order valence-corrected chi connectivity index (χ3v) is 8.69. The molecule has 7 heteroatoms. The molecule has 0 atom stereocenters. The smallest absolute Gasteiger partial charge is 0.119 e. The number of hydrogen-bond acceptors (Lipinski definition) is 3. The Morgan fingerprint density at radius 3 is 1.91 bits per heavy atom. The van der Waals surface area contributed by atoms with Gasteiger partial charge in [0.1, 0.15) is 5.75 Å². The Morgan fingerprint density at radius 1 is 0.739 bits per heavy atom. The highest BCUT2D eigenvalue weighted by Crippen LogP contribution is 2.41. The predicted molar refractivity (Wildman–Crippen MR) is 186 cm³/mol. The Kier molecular flexibility index (Phi) is 13.8. The summed E-state index contributed by atoms with van der Waals surface area (Å²) >= 11 is 0. The minimum absolute atomic E-state index is 0. The van der Waals surface area contributed by atoms with E-state index in [1.807, 2.05) is 19.1 Å². The van der Waals surface area contributed by atoms with Crippen LogP contribution in [0.2, 0.25) is 0 Å². The van der Waals surface area contributed by atoms with Gasteiger partial charge in [0.15, 0.2) is 0 Å². The molecule has 4 aromatic rings. The number of nitrogens with one attached hydrogen (secondary N) is 1. The van der Waals surface area contributed by atoms with Crippen LogP contribution in [0.25, 0.3) is 16.3 Å². The minimum atomic E-state index is 0. The molecule has 0 saturated heterocycles. The van der Waals surface area contributed by atoms with Crippen molar-refractivity contribution in [3.8, 4) is 5.75 Å². The molecule has 244 valence electrons. The molecule has 5 rings (SSSR count). The first-order chi connectivity index (χ1) is 21.5. The summed E-state index contributed by atoms with van der Waals surface area (Å²) in [5.74, 6) is 0.879. The number of hydrogen-bond donors (Lipinski definition) is 3. The fraction of sp³-hybridized carbons (Fsp3) is 0.282. The molecular formula is C39H48Cl2N4O. The van der Waals surface area contributed by atoms with Crippen LogP contribution in [-0.4, -0.2) is 32.8 Å². The Bertz CT molecular complexity index is 1620. The first kappa shape index (κ1) is 36.7. The van der Waals surface area contributed by atoms with E-state index in [2.05, 4.69) is 133 Å².